The maximum absolute atomic E-state index is 12.7. The average Bonchev–Trinajstić information content (AvgIpc) is 3.08. The molecule has 0 saturated heterocycles. The molecule has 0 saturated carbocycles. The molecule has 1 atom stereocenters. The van der Waals surface area contributed by atoms with Crippen LogP contribution in [0.4, 0.5) is 0 Å². The Balaban J connectivity index is 4.19. The molecule has 0 aromatic carbocycles. The van der Waals surface area contributed by atoms with Gasteiger partial charge in [0.15, 0.2) is 0 Å². The van der Waals surface area contributed by atoms with Crippen molar-refractivity contribution in [3.63, 3.8) is 0 Å². The van der Waals surface area contributed by atoms with Crippen molar-refractivity contribution >= 4 is 11.9 Å². The van der Waals surface area contributed by atoms with E-state index in [2.05, 4.69) is 20.8 Å². The Morgan fingerprint density at radius 3 is 0.958 bits per heavy atom. The average molecular weight is 679 g/mol. The van der Waals surface area contributed by atoms with Crippen LogP contribution in [0.15, 0.2) is 0 Å². The number of rotatable bonds is 40. The standard InChI is InChI=1S/C44H86O4/c1-4-7-10-13-16-19-22-25-26-29-32-35-38-42(48-44(46)40-37-34-31-28-24-21-18-15-12-9-6-3)41-47-43(45)39-36-33-30-27-23-20-17-14-11-8-5-2/h42H,4-41H2,1-3H3. The highest BCUT2D eigenvalue weighted by Gasteiger charge is 2.17. The second kappa shape index (κ2) is 40.4. The molecule has 0 rings (SSSR count). The van der Waals surface area contributed by atoms with Crippen LogP contribution < -0.4 is 0 Å². The second-order valence-corrected chi connectivity index (χ2v) is 15.0. The molecule has 0 spiro atoms. The van der Waals surface area contributed by atoms with Crippen LogP contribution in [0, 0.1) is 0 Å². The van der Waals surface area contributed by atoms with E-state index < -0.39 is 0 Å². The van der Waals surface area contributed by atoms with E-state index in [-0.39, 0.29) is 24.6 Å². The highest BCUT2D eigenvalue weighted by Crippen LogP contribution is 2.17. The molecule has 0 aromatic rings. The van der Waals surface area contributed by atoms with E-state index >= 15 is 0 Å². The molecular formula is C44H86O4. The summed E-state index contributed by atoms with van der Waals surface area (Å²) in [5.74, 6) is -0.247. The third-order valence-electron chi connectivity index (χ3n) is 10.1. The summed E-state index contributed by atoms with van der Waals surface area (Å²) in [6.07, 6.45) is 45.2. The van der Waals surface area contributed by atoms with Gasteiger partial charge in [-0.2, -0.15) is 0 Å². The predicted molar refractivity (Wildman–Crippen MR) is 209 cm³/mol. The first-order chi connectivity index (χ1) is 23.6. The highest BCUT2D eigenvalue weighted by molar-refractivity contribution is 5.70. The summed E-state index contributed by atoms with van der Waals surface area (Å²) in [6.45, 7) is 7.04. The van der Waals surface area contributed by atoms with Crippen molar-refractivity contribution in [2.75, 3.05) is 6.61 Å². The van der Waals surface area contributed by atoms with Crippen LogP contribution in [-0.2, 0) is 19.1 Å². The van der Waals surface area contributed by atoms with E-state index in [1.807, 2.05) is 0 Å². The summed E-state index contributed by atoms with van der Waals surface area (Å²) in [6, 6.07) is 0. The van der Waals surface area contributed by atoms with Crippen LogP contribution in [0.1, 0.15) is 258 Å². The van der Waals surface area contributed by atoms with Crippen LogP contribution in [-0.4, -0.2) is 24.6 Å². The zero-order valence-electron chi connectivity index (χ0n) is 33.1. The predicted octanol–water partition coefficient (Wildman–Crippen LogP) is 14.9. The number of carbonyl (C=O) groups excluding carboxylic acids is 2. The fourth-order valence-corrected chi connectivity index (χ4v) is 6.76. The van der Waals surface area contributed by atoms with Gasteiger partial charge in [-0.3, -0.25) is 9.59 Å². The minimum Gasteiger partial charge on any atom is -0.462 e. The third kappa shape index (κ3) is 37.8. The van der Waals surface area contributed by atoms with Crippen molar-refractivity contribution in [1.82, 2.24) is 0 Å². The lowest BCUT2D eigenvalue weighted by Crippen LogP contribution is -2.25. The Morgan fingerprint density at radius 1 is 0.354 bits per heavy atom. The largest absolute Gasteiger partial charge is 0.462 e. The van der Waals surface area contributed by atoms with E-state index in [1.54, 1.807) is 0 Å². The van der Waals surface area contributed by atoms with Gasteiger partial charge >= 0.3 is 11.9 Å². The molecule has 286 valence electrons. The van der Waals surface area contributed by atoms with Gasteiger partial charge in [-0.25, -0.2) is 0 Å². The molecule has 0 heterocycles. The van der Waals surface area contributed by atoms with Crippen LogP contribution in [0.5, 0.6) is 0 Å². The number of hydrogen-bond donors (Lipinski definition) is 0. The third-order valence-corrected chi connectivity index (χ3v) is 10.1. The SMILES string of the molecule is CCCCCCCCCCCCCCC(COC(=O)CCCCCCCCCCCCC)OC(=O)CCCCCCCCCCCCC. The molecule has 0 amide bonds. The molecule has 0 aliphatic heterocycles. The monoisotopic (exact) mass is 679 g/mol. The van der Waals surface area contributed by atoms with Gasteiger partial charge < -0.3 is 9.47 Å². The number of esters is 2. The van der Waals surface area contributed by atoms with Crippen molar-refractivity contribution in [1.29, 1.82) is 0 Å². The summed E-state index contributed by atoms with van der Waals surface area (Å²) < 4.78 is 11.5. The summed E-state index contributed by atoms with van der Waals surface area (Å²) in [4.78, 5) is 25.2. The number of carbonyl (C=O) groups is 2. The number of unbranched alkanes of at least 4 members (excludes halogenated alkanes) is 31. The van der Waals surface area contributed by atoms with Crippen molar-refractivity contribution in [3.8, 4) is 0 Å². The summed E-state index contributed by atoms with van der Waals surface area (Å²) in [7, 11) is 0. The van der Waals surface area contributed by atoms with Gasteiger partial charge in [0.1, 0.15) is 12.7 Å². The lowest BCUT2D eigenvalue weighted by Gasteiger charge is -2.18. The Bertz CT molecular complexity index is 648. The molecule has 48 heavy (non-hydrogen) atoms. The number of ether oxygens (including phenoxy) is 2. The normalized spacial score (nSPS) is 12.0. The quantitative estimate of drug-likeness (QED) is 0.0478. The Morgan fingerprint density at radius 2 is 0.625 bits per heavy atom. The van der Waals surface area contributed by atoms with E-state index in [1.165, 1.54) is 180 Å². The van der Waals surface area contributed by atoms with Gasteiger partial charge in [0.2, 0.25) is 0 Å². The molecule has 0 radical (unpaired) electrons. The first-order valence-corrected chi connectivity index (χ1v) is 22.0. The Labute approximate surface area is 301 Å². The van der Waals surface area contributed by atoms with Crippen LogP contribution in [0.2, 0.25) is 0 Å². The van der Waals surface area contributed by atoms with Gasteiger partial charge in [0.05, 0.1) is 0 Å². The van der Waals surface area contributed by atoms with Crippen molar-refractivity contribution in [2.24, 2.45) is 0 Å². The summed E-state index contributed by atoms with van der Waals surface area (Å²) in [5, 5.41) is 0. The van der Waals surface area contributed by atoms with Gasteiger partial charge in [0.25, 0.3) is 0 Å². The molecule has 0 aromatic heterocycles. The lowest BCUT2D eigenvalue weighted by atomic mass is 10.0. The fourth-order valence-electron chi connectivity index (χ4n) is 6.76. The molecule has 1 unspecified atom stereocenters. The first kappa shape index (κ1) is 46.9. The lowest BCUT2D eigenvalue weighted by molar-refractivity contribution is -0.159. The highest BCUT2D eigenvalue weighted by atomic mass is 16.6. The van der Waals surface area contributed by atoms with Gasteiger partial charge in [0, 0.05) is 12.8 Å². The van der Waals surface area contributed by atoms with E-state index in [0.717, 1.165) is 44.9 Å². The molecule has 0 bridgehead atoms. The maximum Gasteiger partial charge on any atom is 0.306 e. The molecule has 0 fully saturated rings. The minimum absolute atomic E-state index is 0.115. The smallest absolute Gasteiger partial charge is 0.306 e. The van der Waals surface area contributed by atoms with Gasteiger partial charge in [-0.05, 0) is 25.7 Å². The van der Waals surface area contributed by atoms with Crippen molar-refractivity contribution in [3.05, 3.63) is 0 Å². The maximum atomic E-state index is 12.7. The zero-order valence-corrected chi connectivity index (χ0v) is 33.1. The Kier molecular flexibility index (Phi) is 39.5. The fraction of sp³-hybridized carbons (Fsp3) is 0.955. The molecular weight excluding hydrogens is 592 g/mol. The minimum atomic E-state index is -0.297. The number of hydrogen-bond acceptors (Lipinski definition) is 4. The molecule has 0 aliphatic rings. The van der Waals surface area contributed by atoms with Crippen LogP contribution in [0.3, 0.4) is 0 Å². The first-order valence-electron chi connectivity index (χ1n) is 22.0. The summed E-state index contributed by atoms with van der Waals surface area (Å²) >= 11 is 0. The molecule has 0 N–H and O–H groups in total. The van der Waals surface area contributed by atoms with Crippen LogP contribution in [0.25, 0.3) is 0 Å². The van der Waals surface area contributed by atoms with E-state index in [0.29, 0.717) is 12.8 Å². The Hall–Kier alpha value is -1.06. The second-order valence-electron chi connectivity index (χ2n) is 15.0. The topological polar surface area (TPSA) is 52.6 Å². The van der Waals surface area contributed by atoms with Crippen LogP contribution >= 0.6 is 0 Å². The van der Waals surface area contributed by atoms with E-state index in [9.17, 15) is 9.59 Å². The van der Waals surface area contributed by atoms with Crippen molar-refractivity contribution < 1.29 is 19.1 Å². The molecule has 4 heteroatoms. The van der Waals surface area contributed by atoms with Gasteiger partial charge in [-0.1, -0.05) is 220 Å². The van der Waals surface area contributed by atoms with Crippen molar-refractivity contribution in [2.45, 2.75) is 264 Å². The molecule has 0 aliphatic carbocycles. The van der Waals surface area contributed by atoms with E-state index in [4.69, 9.17) is 9.47 Å². The molecule has 4 nitrogen and oxygen atoms in total. The zero-order chi connectivity index (χ0) is 35.0. The van der Waals surface area contributed by atoms with Gasteiger partial charge in [-0.15, -0.1) is 0 Å². The summed E-state index contributed by atoms with van der Waals surface area (Å²) in [5.41, 5.74) is 0.